The van der Waals surface area contributed by atoms with Crippen LogP contribution >= 0.6 is 11.8 Å². The number of oxime groups is 1. The third-order valence-corrected chi connectivity index (χ3v) is 5.52. The fourth-order valence-corrected chi connectivity index (χ4v) is 4.14. The zero-order valence-corrected chi connectivity index (χ0v) is 17.0. The maximum Gasteiger partial charge on any atom is 0.419 e. The van der Waals surface area contributed by atoms with Crippen molar-refractivity contribution in [2.75, 3.05) is 12.4 Å². The van der Waals surface area contributed by atoms with Gasteiger partial charge >= 0.3 is 6.18 Å². The highest BCUT2D eigenvalue weighted by molar-refractivity contribution is 7.99. The second kappa shape index (κ2) is 10.1. The number of benzene rings is 1. The summed E-state index contributed by atoms with van der Waals surface area (Å²) < 4.78 is 51.8. The van der Waals surface area contributed by atoms with Crippen LogP contribution in [0.2, 0.25) is 0 Å². The molecule has 1 unspecified atom stereocenters. The fourth-order valence-electron chi connectivity index (χ4n) is 3.09. The van der Waals surface area contributed by atoms with E-state index < -0.39 is 17.6 Å². The molecular weight excluding hydrogens is 410 g/mol. The lowest BCUT2D eigenvalue weighted by molar-refractivity contribution is -0.140. The van der Waals surface area contributed by atoms with E-state index in [0.717, 1.165) is 23.9 Å². The Bertz CT molecular complexity index is 805. The van der Waals surface area contributed by atoms with Crippen LogP contribution in [0.3, 0.4) is 0 Å². The van der Waals surface area contributed by atoms with Gasteiger partial charge in [-0.15, -0.1) is 11.8 Å². The number of rotatable bonds is 8. The lowest BCUT2D eigenvalue weighted by atomic mass is 9.83. The summed E-state index contributed by atoms with van der Waals surface area (Å²) in [6.07, 6.45) is -3.26. The summed E-state index contributed by atoms with van der Waals surface area (Å²) in [6, 6.07) is 2.90. The second-order valence-corrected chi connectivity index (χ2v) is 7.77. The molecule has 0 spiro atoms. The van der Waals surface area contributed by atoms with Gasteiger partial charge in [-0.2, -0.15) is 13.2 Å². The Morgan fingerprint density at radius 3 is 2.62 bits per heavy atom. The van der Waals surface area contributed by atoms with Crippen LogP contribution in [-0.2, 0) is 15.8 Å². The van der Waals surface area contributed by atoms with E-state index in [2.05, 4.69) is 5.16 Å². The summed E-state index contributed by atoms with van der Waals surface area (Å²) in [5.41, 5.74) is -0.674. The zero-order chi connectivity index (χ0) is 21.6. The number of allylic oxidation sites excluding steroid dienone is 2. The molecule has 1 aromatic carbocycles. The van der Waals surface area contributed by atoms with Crippen molar-refractivity contribution in [2.45, 2.75) is 50.6 Å². The summed E-state index contributed by atoms with van der Waals surface area (Å²) in [7, 11) is 0. The van der Waals surface area contributed by atoms with Crippen LogP contribution < -0.4 is 0 Å². The van der Waals surface area contributed by atoms with Crippen LogP contribution in [0.4, 0.5) is 17.6 Å². The maximum absolute atomic E-state index is 13.4. The Hall–Kier alpha value is -2.03. The van der Waals surface area contributed by atoms with E-state index in [9.17, 15) is 27.5 Å². The van der Waals surface area contributed by atoms with Crippen molar-refractivity contribution in [1.29, 1.82) is 0 Å². The molecule has 9 heteroatoms. The summed E-state index contributed by atoms with van der Waals surface area (Å²) in [6.45, 7) is 3.93. The van der Waals surface area contributed by atoms with E-state index in [-0.39, 0.29) is 29.5 Å². The molecule has 1 N–H and O–H groups in total. The number of aliphatic hydroxyl groups excluding tert-OH is 1. The Morgan fingerprint density at radius 2 is 2.03 bits per heavy atom. The van der Waals surface area contributed by atoms with Gasteiger partial charge < -0.3 is 9.94 Å². The molecule has 0 radical (unpaired) electrons. The van der Waals surface area contributed by atoms with Gasteiger partial charge in [-0.3, -0.25) is 4.79 Å². The lowest BCUT2D eigenvalue weighted by Crippen LogP contribution is -2.25. The molecular formula is C20H23F4NO3S. The predicted octanol–water partition coefficient (Wildman–Crippen LogP) is 5.92. The van der Waals surface area contributed by atoms with Gasteiger partial charge in [0.25, 0.3) is 0 Å². The number of carbonyl (C=O) groups excluding carboxylic acids is 1. The average Bonchev–Trinajstić information content (AvgIpc) is 2.64. The molecule has 160 valence electrons. The number of thioether (sulfide) groups is 1. The molecule has 0 saturated carbocycles. The smallest absolute Gasteiger partial charge is 0.419 e. The molecule has 4 nitrogen and oxygen atoms in total. The number of nitrogens with zero attached hydrogens (tertiary/aromatic N) is 1. The van der Waals surface area contributed by atoms with Crippen LogP contribution in [0.1, 0.15) is 45.1 Å². The Kier molecular flexibility index (Phi) is 8.13. The molecule has 1 atom stereocenters. The normalized spacial score (nSPS) is 18.3. The van der Waals surface area contributed by atoms with E-state index in [1.165, 1.54) is 6.07 Å². The second-order valence-electron chi connectivity index (χ2n) is 6.61. The first-order chi connectivity index (χ1) is 13.7. The van der Waals surface area contributed by atoms with Gasteiger partial charge in [-0.1, -0.05) is 12.1 Å². The minimum atomic E-state index is -4.75. The number of ketones is 1. The predicted molar refractivity (Wildman–Crippen MR) is 103 cm³/mol. The average molecular weight is 433 g/mol. The number of carbonyl (C=O) groups is 1. The number of alkyl halides is 3. The maximum atomic E-state index is 13.4. The number of Topliss-reactive ketones (excluding diaryl/α,β-unsaturated/α-hetero) is 1. The van der Waals surface area contributed by atoms with E-state index in [1.807, 2.05) is 6.92 Å². The fraction of sp³-hybridized carbons (Fsp3) is 0.500. The summed E-state index contributed by atoms with van der Waals surface area (Å²) in [5, 5.41) is 14.2. The molecule has 29 heavy (non-hydrogen) atoms. The first-order valence-corrected chi connectivity index (χ1v) is 10.3. The first-order valence-electron chi connectivity index (χ1n) is 9.31. The molecule has 0 fully saturated rings. The monoisotopic (exact) mass is 433 g/mol. The third kappa shape index (κ3) is 6.22. The van der Waals surface area contributed by atoms with Gasteiger partial charge in [0.1, 0.15) is 18.2 Å². The van der Waals surface area contributed by atoms with Crippen LogP contribution in [0.5, 0.6) is 0 Å². The Balaban J connectivity index is 1.99. The van der Waals surface area contributed by atoms with Gasteiger partial charge in [0.05, 0.1) is 16.8 Å². The molecule has 0 heterocycles. The largest absolute Gasteiger partial charge is 0.511 e. The van der Waals surface area contributed by atoms with Crippen molar-refractivity contribution >= 4 is 23.3 Å². The highest BCUT2D eigenvalue weighted by atomic mass is 32.2. The molecule has 0 bridgehead atoms. The van der Waals surface area contributed by atoms with Crippen LogP contribution in [0.25, 0.3) is 0 Å². The van der Waals surface area contributed by atoms with Crippen LogP contribution in [0, 0.1) is 11.7 Å². The third-order valence-electron chi connectivity index (χ3n) is 4.49. The summed E-state index contributed by atoms with van der Waals surface area (Å²) >= 11 is 1.16. The lowest BCUT2D eigenvalue weighted by Gasteiger charge is -2.23. The van der Waals surface area contributed by atoms with Crippen molar-refractivity contribution in [1.82, 2.24) is 0 Å². The van der Waals surface area contributed by atoms with Crippen molar-refractivity contribution in [2.24, 2.45) is 11.1 Å². The molecule has 1 aromatic rings. The van der Waals surface area contributed by atoms with Gasteiger partial charge in [-0.25, -0.2) is 4.39 Å². The number of halogens is 4. The molecule has 0 aromatic heterocycles. The molecule has 0 saturated heterocycles. The topological polar surface area (TPSA) is 58.9 Å². The highest BCUT2D eigenvalue weighted by Gasteiger charge is 2.34. The van der Waals surface area contributed by atoms with E-state index >= 15 is 0 Å². The molecule has 0 aliphatic heterocycles. The first kappa shape index (κ1) is 23.3. The minimum absolute atomic E-state index is 0.0299. The Labute approximate surface area is 171 Å². The SMILES string of the molecule is CCON=C(CC)C1=C(O)CC(CCSc2ccc(F)c(C(F)(F)F)c2)CC1=O. The van der Waals surface area contributed by atoms with Gasteiger partial charge in [0.15, 0.2) is 5.78 Å². The van der Waals surface area contributed by atoms with Crippen LogP contribution in [-0.4, -0.2) is 29.0 Å². The van der Waals surface area contributed by atoms with Crippen molar-refractivity contribution in [3.8, 4) is 0 Å². The summed E-state index contributed by atoms with van der Waals surface area (Å²) in [4.78, 5) is 17.8. The van der Waals surface area contributed by atoms with E-state index in [0.29, 0.717) is 42.2 Å². The van der Waals surface area contributed by atoms with Crippen LogP contribution in [0.15, 0.2) is 39.6 Å². The van der Waals surface area contributed by atoms with Crippen molar-refractivity contribution in [3.05, 3.63) is 40.9 Å². The van der Waals surface area contributed by atoms with E-state index in [4.69, 9.17) is 4.84 Å². The Morgan fingerprint density at radius 1 is 1.31 bits per heavy atom. The molecule has 2 rings (SSSR count). The standard InChI is InChI=1S/C20H23F4NO3S/c1-3-16(25-28-4-2)19-17(26)9-12(10-18(19)27)7-8-29-13-5-6-15(21)14(11-13)20(22,23)24/h5-6,11-12,26H,3-4,7-10H2,1-2H3. The van der Waals surface area contributed by atoms with Crippen molar-refractivity contribution < 1.29 is 32.3 Å². The number of aliphatic hydroxyl groups is 1. The number of hydrogen-bond donors (Lipinski definition) is 1. The van der Waals surface area contributed by atoms with Crippen molar-refractivity contribution in [3.63, 3.8) is 0 Å². The molecule has 1 aliphatic rings. The van der Waals surface area contributed by atoms with Gasteiger partial charge in [0, 0.05) is 17.7 Å². The molecule has 1 aliphatic carbocycles. The molecule has 0 amide bonds. The quantitative estimate of drug-likeness (QED) is 0.239. The van der Waals surface area contributed by atoms with Gasteiger partial charge in [0.2, 0.25) is 0 Å². The minimum Gasteiger partial charge on any atom is -0.511 e. The highest BCUT2D eigenvalue weighted by Crippen LogP contribution is 2.35. The van der Waals surface area contributed by atoms with E-state index in [1.54, 1.807) is 6.92 Å². The number of hydrogen-bond acceptors (Lipinski definition) is 5. The summed E-state index contributed by atoms with van der Waals surface area (Å²) in [5.74, 6) is -1.23. The van der Waals surface area contributed by atoms with Gasteiger partial charge in [-0.05, 0) is 49.6 Å². The zero-order valence-electron chi connectivity index (χ0n) is 16.2.